The Morgan fingerprint density at radius 1 is 1.50 bits per heavy atom. The van der Waals surface area contributed by atoms with Crippen molar-refractivity contribution < 1.29 is 13.9 Å². The number of halogens is 1. The summed E-state index contributed by atoms with van der Waals surface area (Å²) >= 11 is 1.22. The Hall–Kier alpha value is -2.00. The highest BCUT2D eigenvalue weighted by Gasteiger charge is 2.10. The number of thioether (sulfide) groups is 1. The van der Waals surface area contributed by atoms with Gasteiger partial charge in [0.15, 0.2) is 0 Å². The summed E-state index contributed by atoms with van der Waals surface area (Å²) < 4.78 is 19.6. The minimum Gasteiger partial charge on any atom is -0.385 e. The van der Waals surface area contributed by atoms with Gasteiger partial charge in [0, 0.05) is 25.9 Å². The van der Waals surface area contributed by atoms with Gasteiger partial charge in [0.05, 0.1) is 5.75 Å². The van der Waals surface area contributed by atoms with E-state index in [1.807, 2.05) is 0 Å². The molecule has 2 rings (SSSR count). The monoisotopic (exact) mass is 325 g/mol. The number of benzene rings is 1. The maximum atomic E-state index is 13.0. The molecule has 0 saturated carbocycles. The van der Waals surface area contributed by atoms with Crippen LogP contribution in [-0.2, 0) is 16.1 Å². The van der Waals surface area contributed by atoms with Crippen LogP contribution in [0.25, 0.3) is 0 Å². The van der Waals surface area contributed by atoms with E-state index in [1.54, 1.807) is 17.9 Å². The minimum absolute atomic E-state index is 0.140. The summed E-state index contributed by atoms with van der Waals surface area (Å²) in [7, 11) is 1.63. The molecule has 7 nitrogen and oxygen atoms in total. The molecule has 0 atom stereocenters. The van der Waals surface area contributed by atoms with Crippen molar-refractivity contribution in [3.05, 3.63) is 30.1 Å². The van der Waals surface area contributed by atoms with Crippen molar-refractivity contribution in [1.29, 1.82) is 0 Å². The van der Waals surface area contributed by atoms with Crippen LogP contribution < -0.4 is 5.32 Å². The Kier molecular flexibility index (Phi) is 6.28. The van der Waals surface area contributed by atoms with Crippen molar-refractivity contribution in [2.24, 2.45) is 0 Å². The number of carbonyl (C=O) groups is 1. The number of nitrogens with zero attached hydrogens (tertiary/aromatic N) is 4. The second-order valence-electron chi connectivity index (χ2n) is 4.38. The molecule has 1 aromatic heterocycles. The molecule has 0 spiro atoms. The zero-order chi connectivity index (χ0) is 15.8. The summed E-state index contributed by atoms with van der Waals surface area (Å²) in [6.45, 7) is 1.23. The normalized spacial score (nSPS) is 10.6. The van der Waals surface area contributed by atoms with Gasteiger partial charge in [0.2, 0.25) is 11.1 Å². The van der Waals surface area contributed by atoms with Crippen molar-refractivity contribution in [1.82, 2.24) is 20.2 Å². The van der Waals surface area contributed by atoms with E-state index in [0.29, 0.717) is 24.0 Å². The van der Waals surface area contributed by atoms with Crippen LogP contribution >= 0.6 is 11.8 Å². The van der Waals surface area contributed by atoms with E-state index >= 15 is 0 Å². The van der Waals surface area contributed by atoms with Crippen LogP contribution in [-0.4, -0.2) is 45.6 Å². The number of hydrogen-bond donors (Lipinski definition) is 1. The number of rotatable bonds is 8. The topological polar surface area (TPSA) is 81.9 Å². The van der Waals surface area contributed by atoms with E-state index in [0.717, 1.165) is 6.42 Å². The molecule has 2 aromatic rings. The lowest BCUT2D eigenvalue weighted by atomic mass is 10.3. The van der Waals surface area contributed by atoms with E-state index in [2.05, 4.69) is 20.8 Å². The Morgan fingerprint density at radius 3 is 3.14 bits per heavy atom. The first-order valence-corrected chi connectivity index (χ1v) is 7.61. The number of aromatic nitrogens is 4. The molecule has 1 N–H and O–H groups in total. The van der Waals surface area contributed by atoms with Gasteiger partial charge in [-0.05, 0) is 35.0 Å². The SMILES string of the molecule is COCCCn1nnnc1SCC(=O)Nc1cccc(F)c1. The molecule has 0 aliphatic heterocycles. The third-order valence-corrected chi connectivity index (χ3v) is 3.62. The number of aryl methyl sites for hydroxylation is 1. The summed E-state index contributed by atoms with van der Waals surface area (Å²) in [5, 5.41) is 14.5. The van der Waals surface area contributed by atoms with Crippen molar-refractivity contribution >= 4 is 23.4 Å². The van der Waals surface area contributed by atoms with Crippen LogP contribution in [0.1, 0.15) is 6.42 Å². The van der Waals surface area contributed by atoms with Gasteiger partial charge in [-0.2, -0.15) is 0 Å². The molecule has 1 heterocycles. The van der Waals surface area contributed by atoms with Crippen molar-refractivity contribution in [3.63, 3.8) is 0 Å². The second kappa shape index (κ2) is 8.44. The number of tetrazole rings is 1. The molecular weight excluding hydrogens is 309 g/mol. The molecule has 0 saturated heterocycles. The van der Waals surface area contributed by atoms with Gasteiger partial charge in [-0.15, -0.1) is 5.10 Å². The first-order chi connectivity index (χ1) is 10.7. The molecule has 0 radical (unpaired) electrons. The zero-order valence-corrected chi connectivity index (χ0v) is 12.8. The number of ether oxygens (including phenoxy) is 1. The highest BCUT2D eigenvalue weighted by molar-refractivity contribution is 7.99. The zero-order valence-electron chi connectivity index (χ0n) is 12.0. The van der Waals surface area contributed by atoms with E-state index in [4.69, 9.17) is 4.74 Å². The van der Waals surface area contributed by atoms with Crippen LogP contribution in [0.5, 0.6) is 0 Å². The van der Waals surface area contributed by atoms with E-state index in [-0.39, 0.29) is 11.7 Å². The van der Waals surface area contributed by atoms with Gasteiger partial charge in [0.1, 0.15) is 5.82 Å². The number of hydrogen-bond acceptors (Lipinski definition) is 6. The molecule has 0 fully saturated rings. The maximum Gasteiger partial charge on any atom is 0.234 e. The lowest BCUT2D eigenvalue weighted by Crippen LogP contribution is -2.15. The quantitative estimate of drug-likeness (QED) is 0.586. The first-order valence-electron chi connectivity index (χ1n) is 6.62. The van der Waals surface area contributed by atoms with Crippen molar-refractivity contribution in [3.8, 4) is 0 Å². The number of amides is 1. The molecule has 1 aromatic carbocycles. The predicted molar refractivity (Wildman–Crippen MR) is 80.1 cm³/mol. The van der Waals surface area contributed by atoms with Gasteiger partial charge in [-0.1, -0.05) is 17.8 Å². The van der Waals surface area contributed by atoms with Crippen LogP contribution in [0.3, 0.4) is 0 Å². The molecule has 118 valence electrons. The average molecular weight is 325 g/mol. The van der Waals surface area contributed by atoms with Crippen LogP contribution in [0.15, 0.2) is 29.4 Å². The van der Waals surface area contributed by atoms with Crippen LogP contribution in [0.4, 0.5) is 10.1 Å². The highest BCUT2D eigenvalue weighted by Crippen LogP contribution is 2.15. The summed E-state index contributed by atoms with van der Waals surface area (Å²) in [4.78, 5) is 11.8. The van der Waals surface area contributed by atoms with Crippen molar-refractivity contribution in [2.75, 3.05) is 24.8 Å². The lowest BCUT2D eigenvalue weighted by molar-refractivity contribution is -0.113. The molecule has 22 heavy (non-hydrogen) atoms. The maximum absolute atomic E-state index is 13.0. The van der Waals surface area contributed by atoms with Gasteiger partial charge in [0.25, 0.3) is 0 Å². The summed E-state index contributed by atoms with van der Waals surface area (Å²) in [6, 6.07) is 5.74. The fraction of sp³-hybridized carbons (Fsp3) is 0.385. The number of nitrogens with one attached hydrogen (secondary N) is 1. The summed E-state index contributed by atoms with van der Waals surface area (Å²) in [6.07, 6.45) is 0.782. The van der Waals surface area contributed by atoms with E-state index < -0.39 is 5.82 Å². The fourth-order valence-electron chi connectivity index (χ4n) is 1.69. The first kappa shape index (κ1) is 16.4. The van der Waals surface area contributed by atoms with Crippen LogP contribution in [0, 0.1) is 5.82 Å². The molecule has 0 aliphatic carbocycles. The summed E-state index contributed by atoms with van der Waals surface area (Å²) in [5.41, 5.74) is 0.422. The molecule has 0 aliphatic rings. The third-order valence-electron chi connectivity index (χ3n) is 2.66. The molecule has 1 amide bonds. The van der Waals surface area contributed by atoms with Gasteiger partial charge < -0.3 is 10.1 Å². The van der Waals surface area contributed by atoms with E-state index in [1.165, 1.54) is 30.0 Å². The van der Waals surface area contributed by atoms with Gasteiger partial charge in [-0.3, -0.25) is 4.79 Å². The predicted octanol–water partition coefficient (Wildman–Crippen LogP) is 1.58. The second-order valence-corrected chi connectivity index (χ2v) is 5.32. The standard InChI is InChI=1S/C13H16FN5O2S/c1-21-7-3-6-19-13(16-17-18-19)22-9-12(20)15-11-5-2-4-10(14)8-11/h2,4-5,8H,3,6-7,9H2,1H3,(H,15,20). The Morgan fingerprint density at radius 2 is 2.36 bits per heavy atom. The van der Waals surface area contributed by atoms with E-state index in [9.17, 15) is 9.18 Å². The Balaban J connectivity index is 1.82. The minimum atomic E-state index is -0.396. The smallest absolute Gasteiger partial charge is 0.234 e. The van der Waals surface area contributed by atoms with Gasteiger partial charge in [-0.25, -0.2) is 9.07 Å². The van der Waals surface area contributed by atoms with Gasteiger partial charge >= 0.3 is 0 Å². The number of anilines is 1. The Bertz CT molecular complexity index is 622. The highest BCUT2D eigenvalue weighted by atomic mass is 32.2. The average Bonchev–Trinajstić information content (AvgIpc) is 2.93. The molecule has 0 bridgehead atoms. The fourth-order valence-corrected chi connectivity index (χ4v) is 2.40. The molecule has 9 heteroatoms. The molecular formula is C13H16FN5O2S. The van der Waals surface area contributed by atoms with Crippen molar-refractivity contribution in [2.45, 2.75) is 18.1 Å². The summed E-state index contributed by atoms with van der Waals surface area (Å²) in [5.74, 6) is -0.504. The number of methoxy groups -OCH3 is 1. The largest absolute Gasteiger partial charge is 0.385 e. The Labute approximate surface area is 131 Å². The van der Waals surface area contributed by atoms with Crippen LogP contribution in [0.2, 0.25) is 0 Å². The molecule has 0 unspecified atom stereocenters. The lowest BCUT2D eigenvalue weighted by Gasteiger charge is -2.05. The number of carbonyl (C=O) groups excluding carboxylic acids is 1. The third kappa shape index (κ3) is 5.08.